The van der Waals surface area contributed by atoms with Crippen molar-refractivity contribution >= 4 is 17.7 Å². The Balaban J connectivity index is 2.67. The molecule has 0 radical (unpaired) electrons. The van der Waals surface area contributed by atoms with Crippen molar-refractivity contribution in [2.75, 3.05) is 18.6 Å². The number of nitrogens with zero attached hydrogens (tertiary/aromatic N) is 1. The molecule has 1 unspecified atom stereocenters. The van der Waals surface area contributed by atoms with Crippen molar-refractivity contribution < 1.29 is 13.6 Å². The summed E-state index contributed by atoms with van der Waals surface area (Å²) in [6.07, 6.45) is 0.461. The average Bonchev–Trinajstić information content (AvgIpc) is 2.40. The van der Waals surface area contributed by atoms with E-state index in [4.69, 9.17) is 0 Å². The molecule has 0 aliphatic rings. The van der Waals surface area contributed by atoms with Gasteiger partial charge in [-0.15, -0.1) is 0 Å². The first-order valence-electron chi connectivity index (χ1n) is 6.25. The van der Waals surface area contributed by atoms with Crippen LogP contribution in [0, 0.1) is 11.6 Å². The first kappa shape index (κ1) is 16.0. The standard InChI is InChI=1S/C14H19F2NOS/c1-4-19-8-7-14(18)17(3)10(2)11-5-6-12(15)13(16)9-11/h5-6,9-10H,4,7-8H2,1-3H3. The lowest BCUT2D eigenvalue weighted by atomic mass is 10.1. The van der Waals surface area contributed by atoms with Crippen molar-refractivity contribution in [3.63, 3.8) is 0 Å². The highest BCUT2D eigenvalue weighted by molar-refractivity contribution is 7.99. The van der Waals surface area contributed by atoms with E-state index in [9.17, 15) is 13.6 Å². The van der Waals surface area contributed by atoms with Crippen molar-refractivity contribution in [3.8, 4) is 0 Å². The van der Waals surface area contributed by atoms with Crippen LogP contribution >= 0.6 is 11.8 Å². The van der Waals surface area contributed by atoms with Crippen molar-refractivity contribution in [2.45, 2.75) is 26.3 Å². The van der Waals surface area contributed by atoms with E-state index in [1.807, 2.05) is 6.92 Å². The highest BCUT2D eigenvalue weighted by Gasteiger charge is 2.18. The Kier molecular flexibility index (Phi) is 6.28. The van der Waals surface area contributed by atoms with Gasteiger partial charge in [-0.25, -0.2) is 8.78 Å². The van der Waals surface area contributed by atoms with Crippen molar-refractivity contribution in [3.05, 3.63) is 35.4 Å². The van der Waals surface area contributed by atoms with Crippen molar-refractivity contribution in [1.29, 1.82) is 0 Å². The van der Waals surface area contributed by atoms with E-state index >= 15 is 0 Å². The summed E-state index contributed by atoms with van der Waals surface area (Å²) >= 11 is 1.71. The molecule has 0 spiro atoms. The summed E-state index contributed by atoms with van der Waals surface area (Å²) < 4.78 is 26.0. The molecular weight excluding hydrogens is 268 g/mol. The Morgan fingerprint density at radius 2 is 2.05 bits per heavy atom. The number of hydrogen-bond donors (Lipinski definition) is 0. The summed E-state index contributed by atoms with van der Waals surface area (Å²) in [6, 6.07) is 3.47. The van der Waals surface area contributed by atoms with Gasteiger partial charge in [-0.2, -0.15) is 11.8 Å². The lowest BCUT2D eigenvalue weighted by Gasteiger charge is -2.25. The van der Waals surface area contributed by atoms with Gasteiger partial charge in [-0.1, -0.05) is 13.0 Å². The number of halogens is 2. The minimum atomic E-state index is -0.883. The first-order chi connectivity index (χ1) is 8.97. The van der Waals surface area contributed by atoms with E-state index in [0.717, 1.165) is 23.6 Å². The van der Waals surface area contributed by atoms with Crippen LogP contribution in [-0.4, -0.2) is 29.4 Å². The van der Waals surface area contributed by atoms with Crippen LogP contribution in [0.15, 0.2) is 18.2 Å². The van der Waals surface area contributed by atoms with Crippen LogP contribution in [0.2, 0.25) is 0 Å². The van der Waals surface area contributed by atoms with Crippen molar-refractivity contribution in [2.24, 2.45) is 0 Å². The number of carbonyl (C=O) groups excluding carboxylic acids is 1. The Bertz CT molecular complexity index is 439. The van der Waals surface area contributed by atoms with Gasteiger partial charge in [0.25, 0.3) is 0 Å². The summed E-state index contributed by atoms with van der Waals surface area (Å²) in [5, 5.41) is 0. The maximum absolute atomic E-state index is 13.2. The molecule has 1 rings (SSSR count). The van der Waals surface area contributed by atoms with Gasteiger partial charge in [0, 0.05) is 19.2 Å². The summed E-state index contributed by atoms with van der Waals surface area (Å²) in [5.74, 6) is 0.0223. The van der Waals surface area contributed by atoms with E-state index < -0.39 is 11.6 Å². The topological polar surface area (TPSA) is 20.3 Å². The number of thioether (sulfide) groups is 1. The molecule has 0 aliphatic heterocycles. The van der Waals surface area contributed by atoms with Crippen molar-refractivity contribution in [1.82, 2.24) is 4.90 Å². The molecule has 1 atom stereocenters. The third-order valence-corrected chi connectivity index (χ3v) is 3.97. The summed E-state index contributed by atoms with van der Waals surface area (Å²) in [5.41, 5.74) is 0.595. The van der Waals surface area contributed by atoms with Crippen LogP contribution in [0.1, 0.15) is 31.9 Å². The smallest absolute Gasteiger partial charge is 0.223 e. The van der Waals surface area contributed by atoms with E-state index in [0.29, 0.717) is 12.0 Å². The third-order valence-electron chi connectivity index (χ3n) is 3.06. The van der Waals surface area contributed by atoms with E-state index in [-0.39, 0.29) is 11.9 Å². The maximum Gasteiger partial charge on any atom is 0.223 e. The van der Waals surface area contributed by atoms with Crippen LogP contribution in [0.5, 0.6) is 0 Å². The number of benzene rings is 1. The first-order valence-corrected chi connectivity index (χ1v) is 7.41. The molecular formula is C14H19F2NOS. The van der Waals surface area contributed by atoms with Crippen LogP contribution in [0.4, 0.5) is 8.78 Å². The zero-order chi connectivity index (χ0) is 14.4. The van der Waals surface area contributed by atoms with Crippen LogP contribution in [-0.2, 0) is 4.79 Å². The molecule has 0 heterocycles. The molecule has 0 saturated carbocycles. The van der Waals surface area contributed by atoms with Gasteiger partial charge in [0.15, 0.2) is 11.6 Å². The zero-order valence-corrected chi connectivity index (χ0v) is 12.3. The highest BCUT2D eigenvalue weighted by Crippen LogP contribution is 2.21. The Morgan fingerprint density at radius 1 is 1.37 bits per heavy atom. The molecule has 0 bridgehead atoms. The summed E-state index contributed by atoms with van der Waals surface area (Å²) in [4.78, 5) is 13.5. The highest BCUT2D eigenvalue weighted by atomic mass is 32.2. The van der Waals surface area contributed by atoms with Gasteiger partial charge >= 0.3 is 0 Å². The molecule has 0 N–H and O–H groups in total. The monoisotopic (exact) mass is 287 g/mol. The van der Waals surface area contributed by atoms with E-state index in [1.165, 1.54) is 6.07 Å². The second kappa shape index (κ2) is 7.48. The molecule has 0 fully saturated rings. The van der Waals surface area contributed by atoms with Gasteiger partial charge in [-0.3, -0.25) is 4.79 Å². The fourth-order valence-corrected chi connectivity index (χ4v) is 2.30. The fourth-order valence-electron chi connectivity index (χ4n) is 1.69. The third kappa shape index (κ3) is 4.49. The van der Waals surface area contributed by atoms with Crippen LogP contribution < -0.4 is 0 Å². The molecule has 0 aromatic heterocycles. The van der Waals surface area contributed by atoms with Gasteiger partial charge in [0.05, 0.1) is 6.04 Å². The molecule has 19 heavy (non-hydrogen) atoms. The van der Waals surface area contributed by atoms with E-state index in [1.54, 1.807) is 30.6 Å². The maximum atomic E-state index is 13.2. The van der Waals surface area contributed by atoms with Crippen LogP contribution in [0.25, 0.3) is 0 Å². The molecule has 5 heteroatoms. The summed E-state index contributed by atoms with van der Waals surface area (Å²) in [6.45, 7) is 3.85. The molecule has 1 aromatic rings. The number of rotatable bonds is 6. The van der Waals surface area contributed by atoms with E-state index in [2.05, 4.69) is 0 Å². The lowest BCUT2D eigenvalue weighted by molar-refractivity contribution is -0.131. The minimum absolute atomic E-state index is 0.0122. The molecule has 0 aliphatic carbocycles. The van der Waals surface area contributed by atoms with Gasteiger partial charge in [0.1, 0.15) is 0 Å². The van der Waals surface area contributed by atoms with Crippen LogP contribution in [0.3, 0.4) is 0 Å². The summed E-state index contributed by atoms with van der Waals surface area (Å²) in [7, 11) is 1.69. The lowest BCUT2D eigenvalue weighted by Crippen LogP contribution is -2.30. The number of carbonyl (C=O) groups is 1. The average molecular weight is 287 g/mol. The number of amides is 1. The molecule has 1 aromatic carbocycles. The van der Waals surface area contributed by atoms with Gasteiger partial charge in [0.2, 0.25) is 5.91 Å². The molecule has 2 nitrogen and oxygen atoms in total. The minimum Gasteiger partial charge on any atom is -0.339 e. The second-order valence-electron chi connectivity index (χ2n) is 4.30. The van der Waals surface area contributed by atoms with Gasteiger partial charge in [-0.05, 0) is 30.4 Å². The second-order valence-corrected chi connectivity index (χ2v) is 5.69. The Hall–Kier alpha value is -1.10. The SMILES string of the molecule is CCSCCC(=O)N(C)C(C)c1ccc(F)c(F)c1. The normalized spacial score (nSPS) is 12.3. The number of hydrogen-bond acceptors (Lipinski definition) is 2. The molecule has 1 amide bonds. The Labute approximate surface area is 117 Å². The zero-order valence-electron chi connectivity index (χ0n) is 11.5. The quantitative estimate of drug-likeness (QED) is 0.745. The largest absolute Gasteiger partial charge is 0.339 e. The fraction of sp³-hybridized carbons (Fsp3) is 0.500. The Morgan fingerprint density at radius 3 is 2.63 bits per heavy atom. The molecule has 106 valence electrons. The predicted octanol–water partition coefficient (Wildman–Crippen LogP) is 3.63. The predicted molar refractivity (Wildman–Crippen MR) is 75.2 cm³/mol. The molecule has 0 saturated heterocycles. The van der Waals surface area contributed by atoms with Gasteiger partial charge < -0.3 is 4.90 Å².